The Balaban J connectivity index is 1.41. The molecule has 3 aromatic heterocycles. The number of aliphatic hydroxyl groups is 1. The highest BCUT2D eigenvalue weighted by Crippen LogP contribution is 2.37. The van der Waals surface area contributed by atoms with Crippen LogP contribution in [0.4, 0.5) is 11.6 Å². The van der Waals surface area contributed by atoms with Gasteiger partial charge in [-0.1, -0.05) is 36.4 Å². The summed E-state index contributed by atoms with van der Waals surface area (Å²) in [5.74, 6) is 0.280. The topological polar surface area (TPSA) is 130 Å². The highest BCUT2D eigenvalue weighted by atomic mass is 16.3. The van der Waals surface area contributed by atoms with E-state index in [4.69, 9.17) is 10.7 Å². The number of anilines is 2. The highest BCUT2D eigenvalue weighted by Gasteiger charge is 2.43. The van der Waals surface area contributed by atoms with Crippen molar-refractivity contribution in [2.45, 2.75) is 44.9 Å². The second kappa shape index (κ2) is 9.21. The molecule has 4 aromatic rings. The number of carbonyl (C=O) groups excluding carboxylic acids is 2. The van der Waals surface area contributed by atoms with E-state index >= 15 is 0 Å². The number of fused-ring (bicyclic) bond motifs is 4. The normalized spacial score (nSPS) is 19.7. The smallest absolute Gasteiger partial charge is 0.251 e. The average Bonchev–Trinajstić information content (AvgIpc) is 3.37. The molecular formula is C28H29N7O3. The zero-order valence-electron chi connectivity index (χ0n) is 21.3. The van der Waals surface area contributed by atoms with E-state index in [9.17, 15) is 14.7 Å². The summed E-state index contributed by atoms with van der Waals surface area (Å²) >= 11 is 0. The molecule has 3 N–H and O–H groups in total. The third-order valence-electron chi connectivity index (χ3n) is 7.60. The Kier molecular flexibility index (Phi) is 5.83. The molecule has 10 heteroatoms. The fourth-order valence-corrected chi connectivity index (χ4v) is 5.68. The molecule has 7 rings (SSSR count). The third kappa shape index (κ3) is 3.88. The average molecular weight is 512 g/mol. The summed E-state index contributed by atoms with van der Waals surface area (Å²) < 4.78 is 1.51. The number of ketones is 1. The summed E-state index contributed by atoms with van der Waals surface area (Å²) in [6, 6.07) is 13.8. The molecule has 3 aliphatic heterocycles. The largest absolute Gasteiger partial charge is 0.384 e. The van der Waals surface area contributed by atoms with Crippen molar-refractivity contribution >= 4 is 29.0 Å². The molecule has 0 saturated carbocycles. The maximum atomic E-state index is 12.8. The van der Waals surface area contributed by atoms with Crippen LogP contribution in [0.15, 0.2) is 54.9 Å². The Bertz CT molecular complexity index is 1530. The summed E-state index contributed by atoms with van der Waals surface area (Å²) in [4.78, 5) is 38.8. The molecule has 1 aromatic carbocycles. The number of carbonyl (C=O) groups is 2. The van der Waals surface area contributed by atoms with Crippen molar-refractivity contribution in [3.8, 4) is 22.4 Å². The van der Waals surface area contributed by atoms with Gasteiger partial charge in [-0.2, -0.15) is 9.61 Å². The van der Waals surface area contributed by atoms with Gasteiger partial charge in [0, 0.05) is 48.1 Å². The Hall–Kier alpha value is -4.31. The number of pyridine rings is 1. The van der Waals surface area contributed by atoms with Gasteiger partial charge in [0.1, 0.15) is 23.3 Å². The fraction of sp³-hybridized carbons (Fsp3) is 0.321. The Morgan fingerprint density at radius 3 is 2.42 bits per heavy atom. The number of hydrogen-bond acceptors (Lipinski definition) is 8. The number of benzene rings is 1. The van der Waals surface area contributed by atoms with E-state index in [1.54, 1.807) is 17.3 Å². The number of Topliss-reactive ketones (excluding diaryl/α,β-unsaturated/α-hetero) is 1. The zero-order valence-corrected chi connectivity index (χ0v) is 21.3. The van der Waals surface area contributed by atoms with E-state index in [2.05, 4.69) is 15.0 Å². The third-order valence-corrected chi connectivity index (χ3v) is 7.60. The van der Waals surface area contributed by atoms with Gasteiger partial charge in [0.15, 0.2) is 11.4 Å². The van der Waals surface area contributed by atoms with E-state index < -0.39 is 6.10 Å². The molecule has 3 saturated heterocycles. The van der Waals surface area contributed by atoms with Gasteiger partial charge < -0.3 is 20.6 Å². The second-order valence-corrected chi connectivity index (χ2v) is 10.0. The summed E-state index contributed by atoms with van der Waals surface area (Å²) in [7, 11) is 0. The predicted octanol–water partition coefficient (Wildman–Crippen LogP) is 2.80. The van der Waals surface area contributed by atoms with Crippen molar-refractivity contribution in [1.82, 2.24) is 24.5 Å². The van der Waals surface area contributed by atoms with Crippen LogP contribution in [-0.4, -0.2) is 72.6 Å². The minimum atomic E-state index is -1.04. The molecule has 0 spiro atoms. The van der Waals surface area contributed by atoms with Crippen LogP contribution in [0.3, 0.4) is 0 Å². The minimum absolute atomic E-state index is 0.0339. The van der Waals surface area contributed by atoms with Crippen molar-refractivity contribution < 1.29 is 14.7 Å². The van der Waals surface area contributed by atoms with Crippen LogP contribution in [0.2, 0.25) is 0 Å². The van der Waals surface area contributed by atoms with Gasteiger partial charge in [-0.3, -0.25) is 14.6 Å². The van der Waals surface area contributed by atoms with Gasteiger partial charge in [-0.05, 0) is 32.8 Å². The second-order valence-electron chi connectivity index (χ2n) is 10.0. The molecular weight excluding hydrogens is 482 g/mol. The first-order valence-corrected chi connectivity index (χ1v) is 12.8. The molecule has 194 valence electrons. The van der Waals surface area contributed by atoms with Gasteiger partial charge in [0.2, 0.25) is 0 Å². The summed E-state index contributed by atoms with van der Waals surface area (Å²) in [5, 5.41) is 14.3. The SMILES string of the molecule is CC(=O)c1c(N2CC3CCC2CN3C(=O)C(C)O)nc2c(-c3ccc(-c4ccccc4)nc3)cnn2c1N. The number of rotatable bonds is 5. The Morgan fingerprint density at radius 2 is 1.79 bits per heavy atom. The Morgan fingerprint density at radius 1 is 1.03 bits per heavy atom. The van der Waals surface area contributed by atoms with Gasteiger partial charge in [-0.15, -0.1) is 0 Å². The molecule has 0 aliphatic carbocycles. The lowest BCUT2D eigenvalue weighted by molar-refractivity contribution is -0.144. The van der Waals surface area contributed by atoms with Gasteiger partial charge in [0.05, 0.1) is 11.9 Å². The number of aromatic nitrogens is 4. The lowest BCUT2D eigenvalue weighted by atomic mass is 9.89. The van der Waals surface area contributed by atoms with Crippen molar-refractivity contribution in [1.29, 1.82) is 0 Å². The number of nitrogen functional groups attached to an aromatic ring is 1. The summed E-state index contributed by atoms with van der Waals surface area (Å²) in [6.07, 6.45) is 4.13. The highest BCUT2D eigenvalue weighted by molar-refractivity contribution is 6.04. The first-order valence-electron chi connectivity index (χ1n) is 12.8. The molecule has 0 radical (unpaired) electrons. The molecule has 6 heterocycles. The van der Waals surface area contributed by atoms with Crippen molar-refractivity contribution in [3.63, 3.8) is 0 Å². The van der Waals surface area contributed by atoms with E-state index in [1.165, 1.54) is 18.4 Å². The zero-order chi connectivity index (χ0) is 26.6. The number of hydrogen-bond donors (Lipinski definition) is 2. The van der Waals surface area contributed by atoms with E-state index in [1.807, 2.05) is 42.5 Å². The van der Waals surface area contributed by atoms with E-state index in [0.717, 1.165) is 35.2 Å². The molecule has 10 nitrogen and oxygen atoms in total. The molecule has 3 unspecified atom stereocenters. The first kappa shape index (κ1) is 24.1. The quantitative estimate of drug-likeness (QED) is 0.391. The van der Waals surface area contributed by atoms with Gasteiger partial charge in [0.25, 0.3) is 5.91 Å². The monoisotopic (exact) mass is 511 g/mol. The molecule has 3 atom stereocenters. The molecule has 1 amide bonds. The molecule has 2 bridgehead atoms. The van der Waals surface area contributed by atoms with Crippen molar-refractivity contribution in [2.75, 3.05) is 23.7 Å². The van der Waals surface area contributed by atoms with Crippen LogP contribution in [-0.2, 0) is 4.79 Å². The van der Waals surface area contributed by atoms with Crippen LogP contribution < -0.4 is 10.6 Å². The van der Waals surface area contributed by atoms with Crippen molar-refractivity contribution in [2.24, 2.45) is 0 Å². The number of piperidine rings is 2. The lowest BCUT2D eigenvalue weighted by Crippen LogP contribution is -2.65. The first-order chi connectivity index (χ1) is 18.3. The van der Waals surface area contributed by atoms with E-state index in [0.29, 0.717) is 30.1 Å². The maximum absolute atomic E-state index is 12.8. The van der Waals surface area contributed by atoms with Crippen molar-refractivity contribution in [3.05, 3.63) is 60.4 Å². The van der Waals surface area contributed by atoms with Crippen LogP contribution in [0.5, 0.6) is 0 Å². The molecule has 38 heavy (non-hydrogen) atoms. The molecule has 3 aliphatic rings. The van der Waals surface area contributed by atoms with Gasteiger partial charge >= 0.3 is 0 Å². The summed E-state index contributed by atoms with van der Waals surface area (Å²) in [5.41, 5.74) is 10.9. The number of amides is 1. The van der Waals surface area contributed by atoms with Crippen LogP contribution in [0, 0.1) is 0 Å². The number of piperazine rings is 1. The summed E-state index contributed by atoms with van der Waals surface area (Å²) in [6.45, 7) is 3.96. The molecule has 3 fully saturated rings. The Labute approximate surface area is 219 Å². The minimum Gasteiger partial charge on any atom is -0.384 e. The van der Waals surface area contributed by atoms with E-state index in [-0.39, 0.29) is 29.6 Å². The van der Waals surface area contributed by atoms with Gasteiger partial charge in [-0.25, -0.2) is 4.98 Å². The standard InChI is InChI=1S/C28H29N7O3/c1-16(36)24-25(29)35-26(22(13-31-35)19-8-11-23(30-12-19)18-6-4-3-5-7-18)32-27(24)33-14-21-10-9-20(33)15-34(21)28(38)17(2)37/h3-8,11-13,17,20-21,37H,9-10,14-15,29H2,1-2H3. The maximum Gasteiger partial charge on any atom is 0.251 e. The lowest BCUT2D eigenvalue weighted by Gasteiger charge is -2.52. The number of nitrogens with two attached hydrogens (primary N) is 1. The predicted molar refractivity (Wildman–Crippen MR) is 144 cm³/mol. The number of aliphatic hydroxyl groups excluding tert-OH is 1. The van der Waals surface area contributed by atoms with Crippen LogP contribution >= 0.6 is 0 Å². The van der Waals surface area contributed by atoms with Crippen LogP contribution in [0.1, 0.15) is 37.0 Å². The fourth-order valence-electron chi connectivity index (χ4n) is 5.68. The number of nitrogens with zero attached hydrogens (tertiary/aromatic N) is 6. The van der Waals surface area contributed by atoms with Crippen LogP contribution in [0.25, 0.3) is 28.0 Å².